The van der Waals surface area contributed by atoms with E-state index in [2.05, 4.69) is 35.2 Å². The van der Waals surface area contributed by atoms with Crippen LogP contribution in [0.25, 0.3) is 10.2 Å². The van der Waals surface area contributed by atoms with Crippen LogP contribution in [0.3, 0.4) is 0 Å². The van der Waals surface area contributed by atoms with Crippen molar-refractivity contribution in [1.82, 2.24) is 15.3 Å². The SMILES string of the molecule is CCc1cc2c(OCC3CNCC(C)O3)ncnc2s1. The van der Waals surface area contributed by atoms with E-state index in [0.717, 1.165) is 29.7 Å². The van der Waals surface area contributed by atoms with Gasteiger partial charge in [-0.15, -0.1) is 11.3 Å². The van der Waals surface area contributed by atoms with E-state index in [4.69, 9.17) is 9.47 Å². The minimum atomic E-state index is 0.0769. The predicted octanol–water partition coefficient (Wildman–Crippen LogP) is 2.01. The molecule has 2 atom stereocenters. The molecule has 0 aliphatic carbocycles. The Hall–Kier alpha value is -1.24. The van der Waals surface area contributed by atoms with Gasteiger partial charge in [-0.3, -0.25) is 0 Å². The van der Waals surface area contributed by atoms with Gasteiger partial charge in [-0.2, -0.15) is 0 Å². The number of rotatable bonds is 4. The molecule has 0 saturated carbocycles. The van der Waals surface area contributed by atoms with E-state index in [1.54, 1.807) is 17.7 Å². The lowest BCUT2D eigenvalue weighted by Crippen LogP contribution is -2.45. The number of aryl methyl sites for hydroxylation is 1. The first-order chi connectivity index (χ1) is 9.76. The van der Waals surface area contributed by atoms with Crippen LogP contribution in [-0.2, 0) is 11.2 Å². The first-order valence-electron chi connectivity index (χ1n) is 6.98. The highest BCUT2D eigenvalue weighted by Gasteiger charge is 2.20. The lowest BCUT2D eigenvalue weighted by molar-refractivity contribution is -0.0474. The topological polar surface area (TPSA) is 56.3 Å². The summed E-state index contributed by atoms with van der Waals surface area (Å²) in [5.74, 6) is 0.660. The fraction of sp³-hybridized carbons (Fsp3) is 0.571. The van der Waals surface area contributed by atoms with Crippen LogP contribution in [0, 0.1) is 0 Å². The van der Waals surface area contributed by atoms with Crippen molar-refractivity contribution in [3.63, 3.8) is 0 Å². The molecule has 0 radical (unpaired) electrons. The normalized spacial score (nSPS) is 23.1. The molecular formula is C14H19N3O2S. The predicted molar refractivity (Wildman–Crippen MR) is 79.5 cm³/mol. The van der Waals surface area contributed by atoms with Gasteiger partial charge >= 0.3 is 0 Å². The van der Waals surface area contributed by atoms with Crippen molar-refractivity contribution < 1.29 is 9.47 Å². The van der Waals surface area contributed by atoms with Crippen LogP contribution >= 0.6 is 11.3 Å². The highest BCUT2D eigenvalue weighted by molar-refractivity contribution is 7.18. The highest BCUT2D eigenvalue weighted by Crippen LogP contribution is 2.29. The molecule has 5 nitrogen and oxygen atoms in total. The summed E-state index contributed by atoms with van der Waals surface area (Å²) in [6.45, 7) is 6.44. The molecule has 1 N–H and O–H groups in total. The third-order valence-corrected chi connectivity index (χ3v) is 4.51. The Morgan fingerprint density at radius 2 is 2.35 bits per heavy atom. The summed E-state index contributed by atoms with van der Waals surface area (Å²) in [6.07, 6.45) is 2.88. The van der Waals surface area contributed by atoms with Crippen LogP contribution in [0.1, 0.15) is 18.7 Å². The fourth-order valence-corrected chi connectivity index (χ4v) is 3.24. The Morgan fingerprint density at radius 1 is 1.45 bits per heavy atom. The number of thiophene rings is 1. The van der Waals surface area contributed by atoms with Crippen molar-refractivity contribution in [3.05, 3.63) is 17.3 Å². The van der Waals surface area contributed by atoms with Crippen molar-refractivity contribution in [3.8, 4) is 5.88 Å². The molecular weight excluding hydrogens is 274 g/mol. The summed E-state index contributed by atoms with van der Waals surface area (Å²) < 4.78 is 11.7. The third kappa shape index (κ3) is 2.92. The van der Waals surface area contributed by atoms with Crippen molar-refractivity contribution in [1.29, 1.82) is 0 Å². The molecule has 108 valence electrons. The van der Waals surface area contributed by atoms with E-state index < -0.39 is 0 Å². The number of aromatic nitrogens is 2. The van der Waals surface area contributed by atoms with Crippen LogP contribution in [0.15, 0.2) is 12.4 Å². The summed E-state index contributed by atoms with van der Waals surface area (Å²) in [6, 6.07) is 2.12. The van der Waals surface area contributed by atoms with E-state index in [1.165, 1.54) is 4.88 Å². The molecule has 2 aromatic heterocycles. The minimum absolute atomic E-state index is 0.0769. The Bertz CT molecular complexity index is 587. The van der Waals surface area contributed by atoms with Gasteiger partial charge in [0.25, 0.3) is 0 Å². The van der Waals surface area contributed by atoms with Crippen LogP contribution in [0.2, 0.25) is 0 Å². The molecule has 0 spiro atoms. The second-order valence-electron chi connectivity index (χ2n) is 5.00. The summed E-state index contributed by atoms with van der Waals surface area (Å²) in [7, 11) is 0. The molecule has 20 heavy (non-hydrogen) atoms. The number of ether oxygens (including phenoxy) is 2. The summed E-state index contributed by atoms with van der Waals surface area (Å²) in [5, 5.41) is 4.34. The molecule has 6 heteroatoms. The van der Waals surface area contributed by atoms with Crippen molar-refractivity contribution >= 4 is 21.6 Å². The van der Waals surface area contributed by atoms with Crippen molar-refractivity contribution in [2.75, 3.05) is 19.7 Å². The number of fused-ring (bicyclic) bond motifs is 1. The molecule has 0 aromatic carbocycles. The van der Waals surface area contributed by atoms with Crippen molar-refractivity contribution in [2.24, 2.45) is 0 Å². The van der Waals surface area contributed by atoms with E-state index in [1.807, 2.05) is 0 Å². The largest absolute Gasteiger partial charge is 0.474 e. The average molecular weight is 293 g/mol. The zero-order valence-electron chi connectivity index (χ0n) is 11.8. The van der Waals surface area contributed by atoms with Crippen molar-refractivity contribution in [2.45, 2.75) is 32.5 Å². The standard InChI is InChI=1S/C14H19N3O2S/c1-3-11-4-12-13(16-8-17-14(12)20-11)18-7-10-6-15-5-9(2)19-10/h4,8-10,15H,3,5-7H2,1-2H3. The third-order valence-electron chi connectivity index (χ3n) is 3.33. The molecule has 0 amide bonds. The van der Waals surface area contributed by atoms with E-state index in [9.17, 15) is 0 Å². The summed E-state index contributed by atoms with van der Waals surface area (Å²) in [4.78, 5) is 10.8. The second kappa shape index (κ2) is 6.03. The lowest BCUT2D eigenvalue weighted by Gasteiger charge is -2.28. The Labute approximate surface area is 122 Å². The number of nitrogens with one attached hydrogen (secondary N) is 1. The number of hydrogen-bond donors (Lipinski definition) is 1. The van der Waals surface area contributed by atoms with Gasteiger partial charge in [0.1, 0.15) is 23.9 Å². The Balaban J connectivity index is 1.72. The minimum Gasteiger partial charge on any atom is -0.474 e. The van der Waals surface area contributed by atoms with Crippen LogP contribution in [0.5, 0.6) is 5.88 Å². The number of nitrogens with zero attached hydrogens (tertiary/aromatic N) is 2. The van der Waals surface area contributed by atoms with E-state index >= 15 is 0 Å². The number of hydrogen-bond acceptors (Lipinski definition) is 6. The van der Waals surface area contributed by atoms with Crippen LogP contribution < -0.4 is 10.1 Å². The highest BCUT2D eigenvalue weighted by atomic mass is 32.1. The maximum absolute atomic E-state index is 5.86. The van der Waals surface area contributed by atoms with Gasteiger partial charge in [0, 0.05) is 18.0 Å². The molecule has 1 fully saturated rings. The quantitative estimate of drug-likeness (QED) is 0.934. The number of morpholine rings is 1. The van der Waals surface area contributed by atoms with Gasteiger partial charge in [-0.05, 0) is 19.4 Å². The molecule has 0 bridgehead atoms. The van der Waals surface area contributed by atoms with Crippen LogP contribution in [-0.4, -0.2) is 41.9 Å². The first-order valence-corrected chi connectivity index (χ1v) is 7.80. The Kier molecular flexibility index (Phi) is 4.14. The van der Waals surface area contributed by atoms with Gasteiger partial charge in [-0.25, -0.2) is 9.97 Å². The monoisotopic (exact) mass is 293 g/mol. The average Bonchev–Trinajstić information content (AvgIpc) is 2.89. The molecule has 1 saturated heterocycles. The van der Waals surface area contributed by atoms with Gasteiger partial charge in [-0.1, -0.05) is 6.92 Å². The summed E-state index contributed by atoms with van der Waals surface area (Å²) in [5.41, 5.74) is 0. The molecule has 1 aliphatic rings. The van der Waals surface area contributed by atoms with Gasteiger partial charge in [0.05, 0.1) is 11.5 Å². The van der Waals surface area contributed by atoms with E-state index in [-0.39, 0.29) is 12.2 Å². The first kappa shape index (κ1) is 13.7. The maximum atomic E-state index is 5.86. The lowest BCUT2D eigenvalue weighted by atomic mass is 10.2. The van der Waals surface area contributed by atoms with Gasteiger partial charge in [0.2, 0.25) is 5.88 Å². The van der Waals surface area contributed by atoms with Gasteiger partial charge in [0.15, 0.2) is 0 Å². The molecule has 3 rings (SSSR count). The fourth-order valence-electron chi connectivity index (χ4n) is 2.32. The van der Waals surface area contributed by atoms with Gasteiger partial charge < -0.3 is 14.8 Å². The molecule has 3 heterocycles. The molecule has 2 aromatic rings. The zero-order valence-corrected chi connectivity index (χ0v) is 12.6. The smallest absolute Gasteiger partial charge is 0.225 e. The molecule has 1 aliphatic heterocycles. The van der Waals surface area contributed by atoms with E-state index in [0.29, 0.717) is 12.5 Å². The molecule has 2 unspecified atom stereocenters. The van der Waals surface area contributed by atoms with Crippen LogP contribution in [0.4, 0.5) is 0 Å². The maximum Gasteiger partial charge on any atom is 0.225 e. The second-order valence-corrected chi connectivity index (χ2v) is 6.12. The summed E-state index contributed by atoms with van der Waals surface area (Å²) >= 11 is 1.70. The zero-order chi connectivity index (χ0) is 13.9. The Morgan fingerprint density at radius 3 is 3.15 bits per heavy atom.